The van der Waals surface area contributed by atoms with Crippen molar-refractivity contribution >= 4 is 23.3 Å². The minimum atomic E-state index is -0.294. The van der Waals surface area contributed by atoms with Crippen LogP contribution < -0.4 is 5.32 Å². The number of rotatable bonds is 7. The van der Waals surface area contributed by atoms with Crippen LogP contribution in [0.25, 0.3) is 0 Å². The van der Waals surface area contributed by atoms with E-state index in [1.54, 1.807) is 33.3 Å². The Labute approximate surface area is 150 Å². The van der Waals surface area contributed by atoms with Crippen molar-refractivity contribution in [1.29, 1.82) is 0 Å². The van der Waals surface area contributed by atoms with Crippen molar-refractivity contribution in [1.82, 2.24) is 15.1 Å². The van der Waals surface area contributed by atoms with Crippen LogP contribution in [-0.4, -0.2) is 47.9 Å². The molecule has 3 amide bonds. The van der Waals surface area contributed by atoms with Crippen molar-refractivity contribution < 1.29 is 14.0 Å². The summed E-state index contributed by atoms with van der Waals surface area (Å²) < 4.78 is 12.9. The monoisotopic (exact) mass is 361 g/mol. The minimum Gasteiger partial charge on any atom is -0.354 e. The second kappa shape index (κ2) is 8.11. The van der Waals surface area contributed by atoms with E-state index in [0.29, 0.717) is 26.2 Å². The largest absolute Gasteiger partial charge is 0.354 e. The smallest absolute Gasteiger partial charge is 0.320 e. The number of benzene rings is 1. The number of nitrogens with one attached hydrogen (secondary N) is 1. The number of hydrogen-bond donors (Lipinski definition) is 1. The molecule has 25 heavy (non-hydrogen) atoms. The second-order valence-electron chi connectivity index (χ2n) is 5.93. The summed E-state index contributed by atoms with van der Waals surface area (Å²) in [5, 5.41) is 4.86. The van der Waals surface area contributed by atoms with Crippen LogP contribution in [0, 0.1) is 5.82 Å². The maximum absolute atomic E-state index is 12.9. The fraction of sp³-hybridized carbons (Fsp3) is 0.333. The number of urea groups is 1. The Morgan fingerprint density at radius 3 is 2.64 bits per heavy atom. The average Bonchev–Trinajstić information content (AvgIpc) is 3.22. The molecule has 5 nitrogen and oxygen atoms in total. The summed E-state index contributed by atoms with van der Waals surface area (Å²) in [5.74, 6) is -0.439. The first-order chi connectivity index (χ1) is 12.1. The van der Waals surface area contributed by atoms with E-state index in [1.807, 2.05) is 17.5 Å². The molecule has 0 radical (unpaired) electrons. The van der Waals surface area contributed by atoms with Crippen molar-refractivity contribution in [3.05, 3.63) is 58.0 Å². The van der Waals surface area contributed by atoms with E-state index >= 15 is 0 Å². The maximum atomic E-state index is 12.9. The van der Waals surface area contributed by atoms with Gasteiger partial charge < -0.3 is 15.1 Å². The lowest BCUT2D eigenvalue weighted by Gasteiger charge is -2.18. The molecule has 1 N–H and O–H groups in total. The van der Waals surface area contributed by atoms with Crippen LogP contribution in [0.2, 0.25) is 0 Å². The number of carbonyl (C=O) groups excluding carboxylic acids is 2. The Balaban J connectivity index is 1.43. The summed E-state index contributed by atoms with van der Waals surface area (Å²) in [5.41, 5.74) is 0.872. The topological polar surface area (TPSA) is 52.7 Å². The number of thiophene rings is 1. The second-order valence-corrected chi connectivity index (χ2v) is 6.96. The van der Waals surface area contributed by atoms with Crippen molar-refractivity contribution in [2.75, 3.05) is 26.2 Å². The molecule has 1 aromatic carbocycles. The SMILES string of the molecule is O=C(CN1CCN(Cc2ccc(F)cc2)C1=O)NCCc1cccs1. The molecule has 1 aliphatic rings. The Kier molecular flexibility index (Phi) is 5.65. The minimum absolute atomic E-state index is 0.0726. The van der Waals surface area contributed by atoms with Gasteiger partial charge in [-0.05, 0) is 35.6 Å². The van der Waals surface area contributed by atoms with Crippen molar-refractivity contribution in [3.63, 3.8) is 0 Å². The summed E-state index contributed by atoms with van der Waals surface area (Å²) in [6.45, 7) is 2.16. The predicted octanol–water partition coefficient (Wildman–Crippen LogP) is 2.48. The summed E-state index contributed by atoms with van der Waals surface area (Å²) >= 11 is 1.66. The lowest BCUT2D eigenvalue weighted by Crippen LogP contribution is -2.40. The predicted molar refractivity (Wildman–Crippen MR) is 94.8 cm³/mol. The summed E-state index contributed by atoms with van der Waals surface area (Å²) in [6.07, 6.45) is 0.800. The summed E-state index contributed by atoms with van der Waals surface area (Å²) in [4.78, 5) is 28.8. The Morgan fingerprint density at radius 1 is 1.16 bits per heavy atom. The van der Waals surface area contributed by atoms with Gasteiger partial charge in [0, 0.05) is 31.1 Å². The lowest BCUT2D eigenvalue weighted by atomic mass is 10.2. The Morgan fingerprint density at radius 2 is 1.92 bits per heavy atom. The average molecular weight is 361 g/mol. The molecule has 0 aliphatic carbocycles. The zero-order valence-corrected chi connectivity index (χ0v) is 14.6. The van der Waals surface area contributed by atoms with Gasteiger partial charge in [0.05, 0.1) is 0 Å². The van der Waals surface area contributed by atoms with Gasteiger partial charge in [0.1, 0.15) is 12.4 Å². The van der Waals surface area contributed by atoms with Crippen LogP contribution in [0.1, 0.15) is 10.4 Å². The third-order valence-corrected chi connectivity index (χ3v) is 5.01. The van der Waals surface area contributed by atoms with Crippen LogP contribution >= 0.6 is 11.3 Å². The van der Waals surface area contributed by atoms with Crippen LogP contribution in [0.4, 0.5) is 9.18 Å². The molecule has 132 valence electrons. The Hall–Kier alpha value is -2.41. The van der Waals surface area contributed by atoms with Crippen LogP contribution in [0.15, 0.2) is 41.8 Å². The molecule has 3 rings (SSSR count). The van der Waals surface area contributed by atoms with Gasteiger partial charge in [-0.2, -0.15) is 0 Å². The van der Waals surface area contributed by atoms with Gasteiger partial charge in [-0.15, -0.1) is 11.3 Å². The van der Waals surface area contributed by atoms with Crippen LogP contribution in [0.3, 0.4) is 0 Å². The molecule has 7 heteroatoms. The number of hydrogen-bond acceptors (Lipinski definition) is 3. The molecule has 1 aliphatic heterocycles. The molecule has 1 fully saturated rings. The highest BCUT2D eigenvalue weighted by Crippen LogP contribution is 2.14. The molecule has 0 saturated carbocycles. The van der Waals surface area contributed by atoms with Gasteiger partial charge in [0.2, 0.25) is 5.91 Å². The quantitative estimate of drug-likeness (QED) is 0.824. The first-order valence-electron chi connectivity index (χ1n) is 8.19. The molecular formula is C18H20FN3O2S. The maximum Gasteiger partial charge on any atom is 0.320 e. The van der Waals surface area contributed by atoms with Crippen molar-refractivity contribution in [3.8, 4) is 0 Å². The molecule has 0 atom stereocenters. The van der Waals surface area contributed by atoms with E-state index in [4.69, 9.17) is 0 Å². The number of amides is 3. The lowest BCUT2D eigenvalue weighted by molar-refractivity contribution is -0.121. The van der Waals surface area contributed by atoms with Crippen molar-refractivity contribution in [2.24, 2.45) is 0 Å². The van der Waals surface area contributed by atoms with Gasteiger partial charge in [0.25, 0.3) is 0 Å². The van der Waals surface area contributed by atoms with Gasteiger partial charge in [-0.3, -0.25) is 4.79 Å². The summed E-state index contributed by atoms with van der Waals surface area (Å²) in [6, 6.07) is 9.97. The first kappa shape index (κ1) is 17.4. The van der Waals surface area contributed by atoms with E-state index in [0.717, 1.165) is 12.0 Å². The standard InChI is InChI=1S/C18H20FN3O2S/c19-15-5-3-14(4-6-15)12-21-9-10-22(18(21)24)13-17(23)20-8-7-16-2-1-11-25-16/h1-6,11H,7-10,12-13H2,(H,20,23). The molecule has 1 saturated heterocycles. The van der Waals surface area contributed by atoms with E-state index < -0.39 is 0 Å². The van der Waals surface area contributed by atoms with E-state index in [1.165, 1.54) is 17.0 Å². The zero-order chi connectivity index (χ0) is 17.6. The molecule has 2 heterocycles. The summed E-state index contributed by atoms with van der Waals surface area (Å²) in [7, 11) is 0. The fourth-order valence-corrected chi connectivity index (χ4v) is 3.45. The highest BCUT2D eigenvalue weighted by Gasteiger charge is 2.29. The van der Waals surface area contributed by atoms with Gasteiger partial charge >= 0.3 is 6.03 Å². The molecule has 1 aromatic heterocycles. The Bertz CT molecular complexity index is 718. The first-order valence-corrected chi connectivity index (χ1v) is 9.07. The molecule has 0 bridgehead atoms. The van der Waals surface area contributed by atoms with Gasteiger partial charge in [0.15, 0.2) is 0 Å². The number of halogens is 1. The normalized spacial score (nSPS) is 14.2. The molecule has 0 spiro atoms. The molecule has 2 aromatic rings. The highest BCUT2D eigenvalue weighted by atomic mass is 32.1. The highest BCUT2D eigenvalue weighted by molar-refractivity contribution is 7.09. The molecular weight excluding hydrogens is 341 g/mol. The van der Waals surface area contributed by atoms with Crippen molar-refractivity contribution in [2.45, 2.75) is 13.0 Å². The van der Waals surface area contributed by atoms with Crippen LogP contribution in [-0.2, 0) is 17.8 Å². The van der Waals surface area contributed by atoms with E-state index in [-0.39, 0.29) is 24.3 Å². The third kappa shape index (κ3) is 4.79. The van der Waals surface area contributed by atoms with Gasteiger partial charge in [-0.1, -0.05) is 18.2 Å². The number of carbonyl (C=O) groups is 2. The fourth-order valence-electron chi connectivity index (χ4n) is 2.75. The zero-order valence-electron chi connectivity index (χ0n) is 13.8. The van der Waals surface area contributed by atoms with E-state index in [2.05, 4.69) is 5.32 Å². The van der Waals surface area contributed by atoms with Crippen LogP contribution in [0.5, 0.6) is 0 Å². The molecule has 0 unspecified atom stereocenters. The van der Waals surface area contributed by atoms with E-state index in [9.17, 15) is 14.0 Å². The van der Waals surface area contributed by atoms with Gasteiger partial charge in [-0.25, -0.2) is 9.18 Å². The third-order valence-electron chi connectivity index (χ3n) is 4.08. The number of nitrogens with zero attached hydrogens (tertiary/aromatic N) is 2.